The SMILES string of the molecule is NC(=O)Nc1sc(-c2ccncc2)cc1C(=O)N[C@H]1CCCNC1. The van der Waals surface area contributed by atoms with Crippen molar-refractivity contribution in [3.63, 3.8) is 0 Å². The number of carbonyl (C=O) groups is 2. The molecule has 3 heterocycles. The number of urea groups is 1. The summed E-state index contributed by atoms with van der Waals surface area (Å²) in [5, 5.41) is 9.28. The molecule has 1 atom stereocenters. The van der Waals surface area contributed by atoms with Crippen LogP contribution < -0.4 is 21.7 Å². The molecule has 1 fully saturated rings. The van der Waals surface area contributed by atoms with Crippen LogP contribution in [0.5, 0.6) is 0 Å². The van der Waals surface area contributed by atoms with Crippen molar-refractivity contribution in [1.29, 1.82) is 0 Å². The van der Waals surface area contributed by atoms with Crippen LogP contribution in [0.25, 0.3) is 10.4 Å². The van der Waals surface area contributed by atoms with Crippen molar-refractivity contribution in [2.24, 2.45) is 5.73 Å². The van der Waals surface area contributed by atoms with Crippen molar-refractivity contribution in [1.82, 2.24) is 15.6 Å². The quantitative estimate of drug-likeness (QED) is 0.677. The number of hydrogen-bond acceptors (Lipinski definition) is 5. The molecule has 0 spiro atoms. The van der Waals surface area contributed by atoms with Crippen molar-refractivity contribution in [2.75, 3.05) is 18.4 Å². The third-order valence-electron chi connectivity index (χ3n) is 3.81. The largest absolute Gasteiger partial charge is 0.351 e. The number of primary amides is 1. The van der Waals surface area contributed by atoms with Gasteiger partial charge in [0.1, 0.15) is 5.00 Å². The van der Waals surface area contributed by atoms with Crippen molar-refractivity contribution < 1.29 is 9.59 Å². The topological polar surface area (TPSA) is 109 Å². The second kappa shape index (κ2) is 7.41. The average Bonchev–Trinajstić information content (AvgIpc) is 3.00. The molecule has 5 N–H and O–H groups in total. The molecular weight excluding hydrogens is 326 g/mol. The molecule has 3 amide bonds. The minimum Gasteiger partial charge on any atom is -0.351 e. The van der Waals surface area contributed by atoms with E-state index in [4.69, 9.17) is 5.73 Å². The van der Waals surface area contributed by atoms with E-state index in [1.807, 2.05) is 12.1 Å². The van der Waals surface area contributed by atoms with E-state index in [-0.39, 0.29) is 11.9 Å². The van der Waals surface area contributed by atoms with Gasteiger partial charge in [-0.25, -0.2) is 4.79 Å². The molecule has 2 aromatic rings. The lowest BCUT2D eigenvalue weighted by molar-refractivity contribution is 0.0932. The van der Waals surface area contributed by atoms with Crippen molar-refractivity contribution in [3.05, 3.63) is 36.2 Å². The zero-order valence-electron chi connectivity index (χ0n) is 13.0. The summed E-state index contributed by atoms with van der Waals surface area (Å²) in [4.78, 5) is 28.7. The highest BCUT2D eigenvalue weighted by molar-refractivity contribution is 7.20. The molecule has 0 aliphatic carbocycles. The Morgan fingerprint density at radius 3 is 2.79 bits per heavy atom. The highest BCUT2D eigenvalue weighted by Gasteiger charge is 2.21. The minimum absolute atomic E-state index is 0.0944. The van der Waals surface area contributed by atoms with E-state index < -0.39 is 6.03 Å². The van der Waals surface area contributed by atoms with Gasteiger partial charge >= 0.3 is 6.03 Å². The molecule has 7 nitrogen and oxygen atoms in total. The number of aromatic nitrogens is 1. The third kappa shape index (κ3) is 3.90. The number of nitrogens with two attached hydrogens (primary N) is 1. The van der Waals surface area contributed by atoms with Gasteiger partial charge in [-0.2, -0.15) is 0 Å². The predicted molar refractivity (Wildman–Crippen MR) is 94.1 cm³/mol. The van der Waals surface area contributed by atoms with Crippen LogP contribution in [0.4, 0.5) is 9.80 Å². The summed E-state index contributed by atoms with van der Waals surface area (Å²) < 4.78 is 0. The average molecular weight is 345 g/mol. The normalized spacial score (nSPS) is 17.2. The van der Waals surface area contributed by atoms with Crippen molar-refractivity contribution >= 4 is 28.3 Å². The fourth-order valence-corrected chi connectivity index (χ4v) is 3.72. The lowest BCUT2D eigenvalue weighted by Gasteiger charge is -2.23. The number of rotatable bonds is 4. The summed E-state index contributed by atoms with van der Waals surface area (Å²) in [7, 11) is 0. The Morgan fingerprint density at radius 1 is 1.33 bits per heavy atom. The molecule has 3 rings (SSSR count). The highest BCUT2D eigenvalue weighted by Crippen LogP contribution is 2.35. The summed E-state index contributed by atoms with van der Waals surface area (Å²) in [6, 6.07) is 4.89. The molecule has 0 radical (unpaired) electrons. The number of piperidine rings is 1. The summed E-state index contributed by atoms with van der Waals surface area (Å²) in [5.41, 5.74) is 6.59. The highest BCUT2D eigenvalue weighted by atomic mass is 32.1. The maximum atomic E-state index is 12.6. The molecule has 24 heavy (non-hydrogen) atoms. The maximum Gasteiger partial charge on any atom is 0.317 e. The van der Waals surface area contributed by atoms with E-state index in [1.165, 1.54) is 11.3 Å². The number of thiophene rings is 1. The Labute approximate surface area is 143 Å². The molecule has 1 aliphatic rings. The number of pyridine rings is 1. The first-order valence-corrected chi connectivity index (χ1v) is 8.57. The fourth-order valence-electron chi connectivity index (χ4n) is 2.66. The summed E-state index contributed by atoms with van der Waals surface area (Å²) in [6.07, 6.45) is 5.34. The molecule has 1 aliphatic heterocycles. The molecule has 8 heteroatoms. The smallest absolute Gasteiger partial charge is 0.317 e. The Morgan fingerprint density at radius 2 is 2.12 bits per heavy atom. The van der Waals surface area contributed by atoms with E-state index in [0.717, 1.165) is 36.4 Å². The lowest BCUT2D eigenvalue weighted by atomic mass is 10.1. The zero-order valence-corrected chi connectivity index (χ0v) is 13.9. The molecular formula is C16H19N5O2S. The minimum atomic E-state index is -0.688. The number of hydrogen-bond donors (Lipinski definition) is 4. The molecule has 0 unspecified atom stereocenters. The van der Waals surface area contributed by atoms with Gasteiger partial charge < -0.3 is 16.4 Å². The van der Waals surface area contributed by atoms with Crippen LogP contribution in [0.1, 0.15) is 23.2 Å². The third-order valence-corrected chi connectivity index (χ3v) is 4.91. The monoisotopic (exact) mass is 345 g/mol. The molecule has 0 aromatic carbocycles. The van der Waals surface area contributed by atoms with Crippen LogP contribution >= 0.6 is 11.3 Å². The van der Waals surface area contributed by atoms with Crippen LogP contribution in [0.2, 0.25) is 0 Å². The van der Waals surface area contributed by atoms with Gasteiger partial charge in [0.15, 0.2) is 0 Å². The number of nitrogens with zero attached hydrogens (tertiary/aromatic N) is 1. The van der Waals surface area contributed by atoms with Gasteiger partial charge in [-0.05, 0) is 43.1 Å². The van der Waals surface area contributed by atoms with Crippen LogP contribution in [0, 0.1) is 0 Å². The standard InChI is InChI=1S/C16H19N5O2S/c17-16(23)21-15-12(14(22)20-11-2-1-5-19-9-11)8-13(24-15)10-3-6-18-7-4-10/h3-4,6-8,11,19H,1-2,5,9H2,(H,20,22)(H3,17,21,23)/t11-/m0/s1. The maximum absolute atomic E-state index is 12.6. The van der Waals surface area contributed by atoms with Gasteiger partial charge in [-0.3, -0.25) is 15.1 Å². The molecule has 126 valence electrons. The second-order valence-electron chi connectivity index (χ2n) is 5.60. The van der Waals surface area contributed by atoms with Crippen LogP contribution in [-0.2, 0) is 0 Å². The van der Waals surface area contributed by atoms with E-state index in [2.05, 4.69) is 20.9 Å². The van der Waals surface area contributed by atoms with E-state index in [1.54, 1.807) is 18.5 Å². The molecule has 2 aromatic heterocycles. The number of nitrogens with one attached hydrogen (secondary N) is 3. The molecule has 1 saturated heterocycles. The zero-order chi connectivity index (χ0) is 16.9. The van der Waals surface area contributed by atoms with Gasteiger partial charge in [0.05, 0.1) is 5.56 Å². The van der Waals surface area contributed by atoms with Gasteiger partial charge in [-0.1, -0.05) is 0 Å². The second-order valence-corrected chi connectivity index (χ2v) is 6.65. The van der Waals surface area contributed by atoms with E-state index in [0.29, 0.717) is 10.6 Å². The van der Waals surface area contributed by atoms with Gasteiger partial charge in [0, 0.05) is 29.9 Å². The Bertz CT molecular complexity index is 725. The van der Waals surface area contributed by atoms with Crippen LogP contribution in [0.3, 0.4) is 0 Å². The fraction of sp³-hybridized carbons (Fsp3) is 0.312. The van der Waals surface area contributed by atoms with E-state index in [9.17, 15) is 9.59 Å². The van der Waals surface area contributed by atoms with Crippen LogP contribution in [-0.4, -0.2) is 36.1 Å². The first-order valence-electron chi connectivity index (χ1n) is 7.76. The van der Waals surface area contributed by atoms with E-state index >= 15 is 0 Å². The Hall–Kier alpha value is -2.45. The summed E-state index contributed by atoms with van der Waals surface area (Å²) in [5.74, 6) is -0.205. The summed E-state index contributed by atoms with van der Waals surface area (Å²) >= 11 is 1.32. The number of amides is 3. The van der Waals surface area contributed by atoms with Crippen LogP contribution in [0.15, 0.2) is 30.6 Å². The van der Waals surface area contributed by atoms with Gasteiger partial charge in [0.25, 0.3) is 5.91 Å². The molecule has 0 bridgehead atoms. The first kappa shape index (κ1) is 16.4. The predicted octanol–water partition coefficient (Wildman–Crippen LogP) is 1.78. The lowest BCUT2D eigenvalue weighted by Crippen LogP contribution is -2.45. The van der Waals surface area contributed by atoms with Crippen molar-refractivity contribution in [3.8, 4) is 10.4 Å². The number of anilines is 1. The van der Waals surface area contributed by atoms with Gasteiger partial charge in [-0.15, -0.1) is 11.3 Å². The summed E-state index contributed by atoms with van der Waals surface area (Å²) in [6.45, 7) is 1.73. The Kier molecular flexibility index (Phi) is 5.07. The Balaban J connectivity index is 1.85. The first-order chi connectivity index (χ1) is 11.6. The molecule has 0 saturated carbocycles. The van der Waals surface area contributed by atoms with Gasteiger partial charge in [0.2, 0.25) is 0 Å². The van der Waals surface area contributed by atoms with Crippen molar-refractivity contribution in [2.45, 2.75) is 18.9 Å². The number of carbonyl (C=O) groups excluding carboxylic acids is 2.